The first-order chi connectivity index (χ1) is 11.1. The van der Waals surface area contributed by atoms with Crippen LogP contribution in [0.25, 0.3) is 21.0 Å². The van der Waals surface area contributed by atoms with Gasteiger partial charge in [0.15, 0.2) is 0 Å². The van der Waals surface area contributed by atoms with Gasteiger partial charge in [0.25, 0.3) is 0 Å². The Morgan fingerprint density at radius 1 is 1.00 bits per heavy atom. The number of halogens is 1. The normalized spacial score (nSPS) is 11.3. The molecule has 0 atom stereocenters. The van der Waals surface area contributed by atoms with Gasteiger partial charge >= 0.3 is 0 Å². The van der Waals surface area contributed by atoms with Crippen LogP contribution in [0.2, 0.25) is 5.28 Å². The van der Waals surface area contributed by atoms with E-state index in [4.69, 9.17) is 11.6 Å². The second kappa shape index (κ2) is 5.48. The Morgan fingerprint density at radius 3 is 2.65 bits per heavy atom. The molecule has 23 heavy (non-hydrogen) atoms. The molecule has 0 aliphatic carbocycles. The highest BCUT2D eigenvalue weighted by Gasteiger charge is 2.14. The number of rotatable bonds is 2. The largest absolute Gasteiger partial charge is 0.339 e. The van der Waals surface area contributed by atoms with Crippen molar-refractivity contribution in [1.82, 2.24) is 9.97 Å². The van der Waals surface area contributed by atoms with E-state index in [-0.39, 0.29) is 5.28 Å². The van der Waals surface area contributed by atoms with Crippen LogP contribution >= 0.6 is 22.9 Å². The molecule has 2 aromatic heterocycles. The lowest BCUT2D eigenvalue weighted by atomic mass is 10.1. The molecular formula is C18H14ClN3S. The predicted molar refractivity (Wildman–Crippen MR) is 99.1 cm³/mol. The first-order valence-electron chi connectivity index (χ1n) is 7.31. The summed E-state index contributed by atoms with van der Waals surface area (Å²) in [5.41, 5.74) is 2.21. The third-order valence-corrected chi connectivity index (χ3v) is 5.31. The molecule has 1 N–H and O–H groups in total. The summed E-state index contributed by atoms with van der Waals surface area (Å²) in [6, 6.07) is 14.5. The van der Waals surface area contributed by atoms with Gasteiger partial charge in [-0.3, -0.25) is 0 Å². The lowest BCUT2D eigenvalue weighted by Crippen LogP contribution is -1.97. The average molecular weight is 340 g/mol. The highest BCUT2D eigenvalue weighted by Crippen LogP contribution is 2.36. The predicted octanol–water partition coefficient (Wildman–Crippen LogP) is 5.86. The van der Waals surface area contributed by atoms with Crippen molar-refractivity contribution < 1.29 is 0 Å². The van der Waals surface area contributed by atoms with Crippen LogP contribution in [-0.4, -0.2) is 9.97 Å². The number of nitrogens with zero attached hydrogens (tertiary/aromatic N) is 2. The summed E-state index contributed by atoms with van der Waals surface area (Å²) in [7, 11) is 0. The molecule has 2 aromatic carbocycles. The van der Waals surface area contributed by atoms with Crippen molar-refractivity contribution in [2.24, 2.45) is 0 Å². The van der Waals surface area contributed by atoms with Gasteiger partial charge in [-0.05, 0) is 42.5 Å². The second-order valence-corrected chi connectivity index (χ2v) is 7.00. The van der Waals surface area contributed by atoms with Crippen LogP contribution in [0, 0.1) is 13.8 Å². The Morgan fingerprint density at radius 2 is 1.78 bits per heavy atom. The molecule has 3 nitrogen and oxygen atoms in total. The van der Waals surface area contributed by atoms with Crippen LogP contribution < -0.4 is 5.32 Å². The van der Waals surface area contributed by atoms with E-state index < -0.39 is 0 Å². The minimum absolute atomic E-state index is 0.265. The maximum absolute atomic E-state index is 6.11. The Kier molecular flexibility index (Phi) is 3.43. The third-order valence-electron chi connectivity index (χ3n) is 4.04. The Balaban J connectivity index is 1.93. The van der Waals surface area contributed by atoms with Crippen LogP contribution in [0.4, 0.5) is 11.5 Å². The summed E-state index contributed by atoms with van der Waals surface area (Å²) in [5.74, 6) is 0.762. The Bertz CT molecular complexity index is 1030. The average Bonchev–Trinajstić information content (AvgIpc) is 2.82. The standard InChI is InChI=1S/C18H14ClN3S/c1-10-11(2)23-17-15(10)16(21-18(19)22-17)20-14-9-5-7-12-6-3-4-8-13(12)14/h3-9H,1-2H3,(H,20,21,22). The number of hydrogen-bond donors (Lipinski definition) is 1. The van der Waals surface area contributed by atoms with Gasteiger partial charge < -0.3 is 5.32 Å². The van der Waals surface area contributed by atoms with Crippen molar-refractivity contribution in [3.05, 3.63) is 58.2 Å². The molecule has 4 rings (SSSR count). The molecule has 0 aliphatic heterocycles. The summed E-state index contributed by atoms with van der Waals surface area (Å²) >= 11 is 7.76. The zero-order valence-corrected chi connectivity index (χ0v) is 14.3. The fraction of sp³-hybridized carbons (Fsp3) is 0.111. The van der Waals surface area contributed by atoms with Gasteiger partial charge in [0, 0.05) is 16.0 Å². The molecule has 0 saturated carbocycles. The molecule has 0 fully saturated rings. The van der Waals surface area contributed by atoms with Crippen LogP contribution in [0.5, 0.6) is 0 Å². The van der Waals surface area contributed by atoms with Crippen LogP contribution in [0.15, 0.2) is 42.5 Å². The van der Waals surface area contributed by atoms with Crippen molar-refractivity contribution in [2.45, 2.75) is 13.8 Å². The molecule has 0 bridgehead atoms. The van der Waals surface area contributed by atoms with Gasteiger partial charge in [-0.25, -0.2) is 4.98 Å². The number of aromatic nitrogens is 2. The summed E-state index contributed by atoms with van der Waals surface area (Å²) in [6.07, 6.45) is 0. The monoisotopic (exact) mass is 339 g/mol. The summed E-state index contributed by atoms with van der Waals surface area (Å²) in [5, 5.41) is 7.11. The van der Waals surface area contributed by atoms with E-state index in [0.29, 0.717) is 0 Å². The van der Waals surface area contributed by atoms with Crippen LogP contribution in [0.1, 0.15) is 10.4 Å². The highest BCUT2D eigenvalue weighted by atomic mass is 35.5. The smallest absolute Gasteiger partial charge is 0.225 e. The van der Waals surface area contributed by atoms with Gasteiger partial charge in [-0.2, -0.15) is 4.98 Å². The third kappa shape index (κ3) is 2.44. The van der Waals surface area contributed by atoms with E-state index in [1.165, 1.54) is 15.8 Å². The van der Waals surface area contributed by atoms with E-state index >= 15 is 0 Å². The van der Waals surface area contributed by atoms with Gasteiger partial charge in [0.1, 0.15) is 10.6 Å². The highest BCUT2D eigenvalue weighted by molar-refractivity contribution is 7.18. The number of benzene rings is 2. The quantitative estimate of drug-likeness (QED) is 0.465. The first-order valence-corrected chi connectivity index (χ1v) is 8.51. The molecule has 0 unspecified atom stereocenters. The molecule has 5 heteroatoms. The maximum atomic E-state index is 6.11. The molecule has 0 radical (unpaired) electrons. The van der Waals surface area contributed by atoms with Crippen LogP contribution in [-0.2, 0) is 0 Å². The number of nitrogens with one attached hydrogen (secondary N) is 1. The zero-order chi connectivity index (χ0) is 16.0. The van der Waals surface area contributed by atoms with Gasteiger partial charge in [-0.15, -0.1) is 11.3 Å². The van der Waals surface area contributed by atoms with E-state index in [9.17, 15) is 0 Å². The SMILES string of the molecule is Cc1sc2nc(Cl)nc(Nc3cccc4ccccc34)c2c1C. The molecular weight excluding hydrogens is 326 g/mol. The van der Waals surface area contributed by atoms with Crippen LogP contribution in [0.3, 0.4) is 0 Å². The lowest BCUT2D eigenvalue weighted by Gasteiger charge is -2.11. The van der Waals surface area contributed by atoms with Gasteiger partial charge in [0.2, 0.25) is 5.28 Å². The van der Waals surface area contributed by atoms with Crippen molar-refractivity contribution in [3.8, 4) is 0 Å². The van der Waals surface area contributed by atoms with Crippen molar-refractivity contribution in [2.75, 3.05) is 5.32 Å². The zero-order valence-electron chi connectivity index (χ0n) is 12.7. The van der Waals surface area contributed by atoms with E-state index in [2.05, 4.69) is 53.4 Å². The number of anilines is 2. The van der Waals surface area contributed by atoms with Crippen molar-refractivity contribution in [1.29, 1.82) is 0 Å². The van der Waals surface area contributed by atoms with E-state index in [1.807, 2.05) is 18.2 Å². The number of hydrogen-bond acceptors (Lipinski definition) is 4. The fourth-order valence-electron chi connectivity index (χ4n) is 2.78. The van der Waals surface area contributed by atoms with E-state index in [0.717, 1.165) is 27.1 Å². The number of fused-ring (bicyclic) bond motifs is 2. The molecule has 0 spiro atoms. The Labute approximate surface area is 143 Å². The molecule has 0 aliphatic rings. The molecule has 114 valence electrons. The summed E-state index contributed by atoms with van der Waals surface area (Å²) in [4.78, 5) is 10.9. The summed E-state index contributed by atoms with van der Waals surface area (Å²) < 4.78 is 0. The van der Waals surface area contributed by atoms with Gasteiger partial charge in [0.05, 0.1) is 5.39 Å². The minimum Gasteiger partial charge on any atom is -0.339 e. The fourth-order valence-corrected chi connectivity index (χ4v) is 4.02. The van der Waals surface area contributed by atoms with Gasteiger partial charge in [-0.1, -0.05) is 36.4 Å². The van der Waals surface area contributed by atoms with Crippen molar-refractivity contribution in [3.63, 3.8) is 0 Å². The summed E-state index contributed by atoms with van der Waals surface area (Å²) in [6.45, 7) is 4.19. The number of thiophene rings is 1. The molecule has 0 saturated heterocycles. The first kappa shape index (κ1) is 14.4. The van der Waals surface area contributed by atoms with E-state index in [1.54, 1.807) is 11.3 Å². The molecule has 2 heterocycles. The van der Waals surface area contributed by atoms with Crippen molar-refractivity contribution >= 4 is 55.4 Å². The minimum atomic E-state index is 0.265. The number of aryl methyl sites for hydroxylation is 2. The lowest BCUT2D eigenvalue weighted by molar-refractivity contribution is 1.23. The Hall–Kier alpha value is -2.17. The maximum Gasteiger partial charge on any atom is 0.225 e. The molecule has 4 aromatic rings. The second-order valence-electron chi connectivity index (χ2n) is 5.46. The molecule has 0 amide bonds. The topological polar surface area (TPSA) is 37.8 Å².